The fourth-order valence-electron chi connectivity index (χ4n) is 5.96. The first kappa shape index (κ1) is 20.5. The van der Waals surface area contributed by atoms with Crippen LogP contribution in [0.5, 0.6) is 23.0 Å². The molecule has 7 rings (SSSR count). The molecule has 0 aliphatic rings. The average Bonchev–Trinajstić information content (AvgIpc) is 2.81. The number of rotatable bonds is 0. The van der Waals surface area contributed by atoms with Gasteiger partial charge >= 0.3 is 0 Å². The van der Waals surface area contributed by atoms with Crippen molar-refractivity contribution in [2.75, 3.05) is 0 Å². The quantitative estimate of drug-likeness (QED) is 0.167. The van der Waals surface area contributed by atoms with Crippen LogP contribution in [0, 0.1) is 13.8 Å². The number of aromatic hydroxyl groups is 4. The molecule has 0 heterocycles. The topological polar surface area (TPSA) is 115 Å². The Bertz CT molecular complexity index is 2090. The van der Waals surface area contributed by atoms with Crippen LogP contribution in [-0.4, -0.2) is 20.4 Å². The van der Waals surface area contributed by atoms with Gasteiger partial charge in [-0.3, -0.25) is 9.59 Å². The summed E-state index contributed by atoms with van der Waals surface area (Å²) in [6.07, 6.45) is 0. The van der Waals surface area contributed by atoms with E-state index in [2.05, 4.69) is 0 Å². The summed E-state index contributed by atoms with van der Waals surface area (Å²) in [5.74, 6) is -1.45. The molecule has 0 spiro atoms. The van der Waals surface area contributed by atoms with Crippen molar-refractivity contribution in [3.63, 3.8) is 0 Å². The van der Waals surface area contributed by atoms with Crippen molar-refractivity contribution in [1.29, 1.82) is 0 Å². The molecule has 174 valence electrons. The summed E-state index contributed by atoms with van der Waals surface area (Å²) in [6, 6.07) is 12.9. The molecule has 0 bridgehead atoms. The van der Waals surface area contributed by atoms with Crippen LogP contribution in [0.4, 0.5) is 0 Å². The van der Waals surface area contributed by atoms with Crippen molar-refractivity contribution in [2.24, 2.45) is 0 Å². The summed E-state index contributed by atoms with van der Waals surface area (Å²) in [5, 5.41) is 47.8. The summed E-state index contributed by atoms with van der Waals surface area (Å²) in [4.78, 5) is 27.3. The molecule has 0 aromatic heterocycles. The standard InChI is InChI=1S/C30H18O6/c1-11-3-5-13-15(7-11)21-22-16-8-12(2)4-6-14(16)30(36)26-20(34)10-18(32)24(28(22)26)23-17(31)9-19(33)25(27(21)23)29(13)35/h3-10,31-34H,1-2H3. The fourth-order valence-corrected chi connectivity index (χ4v) is 5.96. The zero-order chi connectivity index (χ0) is 25.2. The predicted octanol–water partition coefficient (Wildman–Crippen LogP) is 5.64. The van der Waals surface area contributed by atoms with Gasteiger partial charge in [-0.1, -0.05) is 47.5 Å². The molecule has 0 atom stereocenters. The Morgan fingerprint density at radius 2 is 0.778 bits per heavy atom. The number of hydrogen-bond acceptors (Lipinski definition) is 6. The largest absolute Gasteiger partial charge is 0.507 e. The van der Waals surface area contributed by atoms with Crippen molar-refractivity contribution in [3.8, 4) is 23.0 Å². The molecule has 6 heteroatoms. The second kappa shape index (κ2) is 6.43. The minimum atomic E-state index is -0.401. The first-order valence-electron chi connectivity index (χ1n) is 11.4. The van der Waals surface area contributed by atoms with Crippen LogP contribution < -0.4 is 10.9 Å². The lowest BCUT2D eigenvalue weighted by Crippen LogP contribution is -2.08. The van der Waals surface area contributed by atoms with Crippen molar-refractivity contribution < 1.29 is 20.4 Å². The van der Waals surface area contributed by atoms with Gasteiger partial charge < -0.3 is 20.4 Å². The van der Waals surface area contributed by atoms with E-state index in [1.54, 1.807) is 12.1 Å². The van der Waals surface area contributed by atoms with Crippen LogP contribution in [0.3, 0.4) is 0 Å². The lowest BCUT2D eigenvalue weighted by molar-refractivity contribution is 0.455. The van der Waals surface area contributed by atoms with Crippen LogP contribution in [0.2, 0.25) is 0 Å². The number of benzene rings is 7. The fraction of sp³-hybridized carbons (Fsp3) is 0.0667. The molecule has 7 aromatic rings. The SMILES string of the molecule is Cc1ccc2c(=O)c3c(O)cc(O)c4c5c(O)cc(O)c6c(=O)c7ccc(C)cc7c(c65)c(c2c1)c34. The van der Waals surface area contributed by atoms with E-state index < -0.39 is 10.9 Å². The van der Waals surface area contributed by atoms with Crippen LogP contribution in [0.25, 0.3) is 64.6 Å². The molecule has 0 aliphatic heterocycles. The number of phenolic OH excluding ortho intramolecular Hbond substituents is 4. The molecule has 0 amide bonds. The minimum Gasteiger partial charge on any atom is -0.507 e. The highest BCUT2D eigenvalue weighted by atomic mass is 16.3. The van der Waals surface area contributed by atoms with Gasteiger partial charge in [-0.25, -0.2) is 0 Å². The van der Waals surface area contributed by atoms with Crippen LogP contribution in [0.1, 0.15) is 11.1 Å². The Morgan fingerprint density at radius 1 is 0.417 bits per heavy atom. The summed E-state index contributed by atoms with van der Waals surface area (Å²) >= 11 is 0. The molecule has 0 aliphatic carbocycles. The zero-order valence-electron chi connectivity index (χ0n) is 19.2. The normalized spacial score (nSPS) is 12.3. The molecule has 0 fully saturated rings. The summed E-state index contributed by atoms with van der Waals surface area (Å²) in [7, 11) is 0. The molecule has 7 aromatic carbocycles. The van der Waals surface area contributed by atoms with Crippen LogP contribution in [-0.2, 0) is 0 Å². The maximum atomic E-state index is 13.6. The van der Waals surface area contributed by atoms with E-state index in [1.807, 2.05) is 38.1 Å². The molecule has 0 saturated carbocycles. The third kappa shape index (κ3) is 2.26. The van der Waals surface area contributed by atoms with E-state index in [9.17, 15) is 30.0 Å². The van der Waals surface area contributed by atoms with Gasteiger partial charge in [-0.15, -0.1) is 0 Å². The zero-order valence-corrected chi connectivity index (χ0v) is 19.2. The smallest absolute Gasteiger partial charge is 0.198 e. The van der Waals surface area contributed by atoms with Gasteiger partial charge in [0.1, 0.15) is 23.0 Å². The highest BCUT2D eigenvalue weighted by Gasteiger charge is 2.27. The molecular weight excluding hydrogens is 456 g/mol. The van der Waals surface area contributed by atoms with Crippen molar-refractivity contribution >= 4 is 64.6 Å². The van der Waals surface area contributed by atoms with Gasteiger partial charge in [0.25, 0.3) is 0 Å². The van der Waals surface area contributed by atoms with Crippen molar-refractivity contribution in [1.82, 2.24) is 0 Å². The van der Waals surface area contributed by atoms with Gasteiger partial charge in [-0.05, 0) is 35.4 Å². The third-order valence-corrected chi connectivity index (χ3v) is 7.40. The van der Waals surface area contributed by atoms with E-state index in [4.69, 9.17) is 0 Å². The lowest BCUT2D eigenvalue weighted by atomic mass is 9.83. The summed E-state index contributed by atoms with van der Waals surface area (Å²) < 4.78 is 0. The van der Waals surface area contributed by atoms with E-state index >= 15 is 0 Å². The number of hydrogen-bond donors (Lipinski definition) is 4. The lowest BCUT2D eigenvalue weighted by Gasteiger charge is -2.20. The minimum absolute atomic E-state index is 0.0208. The number of fused-ring (bicyclic) bond motifs is 6. The Hall–Kier alpha value is -4.84. The number of aryl methyl sites for hydroxylation is 2. The maximum Gasteiger partial charge on any atom is 0.198 e. The van der Waals surface area contributed by atoms with Gasteiger partial charge in [0.2, 0.25) is 0 Å². The Morgan fingerprint density at radius 3 is 1.17 bits per heavy atom. The second-order valence-corrected chi connectivity index (χ2v) is 9.59. The molecule has 0 unspecified atom stereocenters. The number of phenols is 4. The highest BCUT2D eigenvalue weighted by molar-refractivity contribution is 6.44. The molecular formula is C30H18O6. The Kier molecular flexibility index (Phi) is 3.67. The third-order valence-electron chi connectivity index (χ3n) is 7.40. The summed E-state index contributed by atoms with van der Waals surface area (Å²) in [6.45, 7) is 3.80. The molecule has 0 saturated heterocycles. The Balaban J connectivity index is 2.09. The predicted molar refractivity (Wildman–Crippen MR) is 143 cm³/mol. The average molecular weight is 474 g/mol. The Labute approximate surface area is 202 Å². The van der Waals surface area contributed by atoms with Gasteiger partial charge in [0.15, 0.2) is 10.9 Å². The van der Waals surface area contributed by atoms with E-state index in [-0.39, 0.29) is 44.5 Å². The molecule has 4 N–H and O–H groups in total. The van der Waals surface area contributed by atoms with E-state index in [0.29, 0.717) is 43.1 Å². The van der Waals surface area contributed by atoms with Gasteiger partial charge in [0.05, 0.1) is 10.8 Å². The second-order valence-electron chi connectivity index (χ2n) is 9.59. The molecule has 0 radical (unpaired) electrons. The van der Waals surface area contributed by atoms with Gasteiger partial charge in [-0.2, -0.15) is 0 Å². The van der Waals surface area contributed by atoms with Gasteiger partial charge in [0, 0.05) is 44.5 Å². The van der Waals surface area contributed by atoms with E-state index in [1.165, 1.54) is 0 Å². The maximum absolute atomic E-state index is 13.6. The first-order chi connectivity index (χ1) is 17.2. The van der Waals surface area contributed by atoms with E-state index in [0.717, 1.165) is 23.3 Å². The van der Waals surface area contributed by atoms with Crippen LogP contribution >= 0.6 is 0 Å². The summed E-state index contributed by atoms with van der Waals surface area (Å²) in [5.41, 5.74) is 0.984. The van der Waals surface area contributed by atoms with Crippen molar-refractivity contribution in [3.05, 3.63) is 80.1 Å². The highest BCUT2D eigenvalue weighted by Crippen LogP contribution is 2.52. The molecule has 6 nitrogen and oxygen atoms in total. The molecule has 36 heavy (non-hydrogen) atoms. The monoisotopic (exact) mass is 474 g/mol. The first-order valence-corrected chi connectivity index (χ1v) is 11.4. The van der Waals surface area contributed by atoms with Crippen molar-refractivity contribution in [2.45, 2.75) is 13.8 Å². The van der Waals surface area contributed by atoms with Crippen LogP contribution in [0.15, 0.2) is 58.1 Å².